The molecule has 18 heavy (non-hydrogen) atoms. The van der Waals surface area contributed by atoms with Crippen molar-refractivity contribution in [2.45, 2.75) is 44.9 Å². The minimum absolute atomic E-state index is 0.00398. The van der Waals surface area contributed by atoms with Gasteiger partial charge in [0.1, 0.15) is 0 Å². The third-order valence-electron chi connectivity index (χ3n) is 3.73. The van der Waals surface area contributed by atoms with Gasteiger partial charge in [0.05, 0.1) is 23.7 Å². The highest BCUT2D eigenvalue weighted by molar-refractivity contribution is 5.46. The van der Waals surface area contributed by atoms with Crippen LogP contribution in [0.2, 0.25) is 0 Å². The Bertz CT molecular complexity index is 377. The summed E-state index contributed by atoms with van der Waals surface area (Å²) in [6, 6.07) is 4.63. The molecule has 2 N–H and O–H groups in total. The van der Waals surface area contributed by atoms with Crippen molar-refractivity contribution in [2.75, 3.05) is 18.6 Å². The summed E-state index contributed by atoms with van der Waals surface area (Å²) in [5, 5.41) is 0. The van der Waals surface area contributed by atoms with Crippen molar-refractivity contribution >= 4 is 5.69 Å². The Hall–Kier alpha value is -1.13. The number of pyridine rings is 1. The van der Waals surface area contributed by atoms with E-state index >= 15 is 0 Å². The highest BCUT2D eigenvalue weighted by Crippen LogP contribution is 2.25. The summed E-state index contributed by atoms with van der Waals surface area (Å²) in [4.78, 5) is 6.83. The van der Waals surface area contributed by atoms with Gasteiger partial charge in [-0.05, 0) is 38.8 Å². The van der Waals surface area contributed by atoms with E-state index in [1.165, 1.54) is 5.69 Å². The molecule has 0 saturated carbocycles. The zero-order valence-corrected chi connectivity index (χ0v) is 11.5. The summed E-state index contributed by atoms with van der Waals surface area (Å²) in [6.45, 7) is 5.22. The molecule has 0 bridgehead atoms. The number of nitrogens with zero attached hydrogens (tertiary/aromatic N) is 2. The Labute approximate surface area is 109 Å². The first-order valence-electron chi connectivity index (χ1n) is 6.62. The van der Waals surface area contributed by atoms with Gasteiger partial charge in [-0.1, -0.05) is 0 Å². The van der Waals surface area contributed by atoms with E-state index in [0.717, 1.165) is 25.1 Å². The molecule has 1 aliphatic heterocycles. The van der Waals surface area contributed by atoms with Crippen molar-refractivity contribution in [2.24, 2.45) is 5.73 Å². The molecular weight excluding hydrogens is 226 g/mol. The standard InChI is InChI=1S/C14H23N3O/c1-10-8-13(18-3)6-7-17(10)12-4-5-14(11(2)15)16-9-12/h4-5,9-11,13H,6-8,15H2,1-3H3. The average Bonchev–Trinajstić information content (AvgIpc) is 2.38. The zero-order chi connectivity index (χ0) is 13.1. The number of nitrogens with two attached hydrogens (primary N) is 1. The van der Waals surface area contributed by atoms with Crippen LogP contribution in [0.15, 0.2) is 18.3 Å². The minimum atomic E-state index is -0.00398. The number of piperidine rings is 1. The highest BCUT2D eigenvalue weighted by atomic mass is 16.5. The Balaban J connectivity index is 2.07. The predicted molar refractivity (Wildman–Crippen MR) is 73.7 cm³/mol. The molecule has 0 aromatic carbocycles. The largest absolute Gasteiger partial charge is 0.381 e. The van der Waals surface area contributed by atoms with E-state index in [1.54, 1.807) is 7.11 Å². The zero-order valence-electron chi connectivity index (χ0n) is 11.5. The number of anilines is 1. The van der Waals surface area contributed by atoms with Crippen LogP contribution in [0.5, 0.6) is 0 Å². The van der Waals surface area contributed by atoms with Gasteiger partial charge in [-0.15, -0.1) is 0 Å². The molecule has 2 rings (SSSR count). The molecule has 2 heterocycles. The third kappa shape index (κ3) is 2.82. The second-order valence-electron chi connectivity index (χ2n) is 5.15. The number of ether oxygens (including phenoxy) is 1. The lowest BCUT2D eigenvalue weighted by atomic mass is 10.00. The molecule has 1 aromatic rings. The summed E-state index contributed by atoms with van der Waals surface area (Å²) >= 11 is 0. The van der Waals surface area contributed by atoms with Crippen LogP contribution in [-0.2, 0) is 4.74 Å². The van der Waals surface area contributed by atoms with Gasteiger partial charge < -0.3 is 15.4 Å². The topological polar surface area (TPSA) is 51.4 Å². The van der Waals surface area contributed by atoms with E-state index in [1.807, 2.05) is 19.2 Å². The maximum Gasteiger partial charge on any atom is 0.0607 e. The molecule has 0 aliphatic carbocycles. The van der Waals surface area contributed by atoms with E-state index < -0.39 is 0 Å². The van der Waals surface area contributed by atoms with Crippen molar-refractivity contribution in [1.82, 2.24) is 4.98 Å². The van der Waals surface area contributed by atoms with Crippen molar-refractivity contribution in [3.63, 3.8) is 0 Å². The molecule has 0 spiro atoms. The van der Waals surface area contributed by atoms with Gasteiger partial charge in [-0.2, -0.15) is 0 Å². The second kappa shape index (κ2) is 5.67. The number of rotatable bonds is 3. The van der Waals surface area contributed by atoms with E-state index in [0.29, 0.717) is 12.1 Å². The van der Waals surface area contributed by atoms with Crippen molar-refractivity contribution in [3.8, 4) is 0 Å². The maximum atomic E-state index is 5.81. The number of aromatic nitrogens is 1. The molecule has 0 amide bonds. The lowest BCUT2D eigenvalue weighted by Crippen LogP contribution is -2.43. The van der Waals surface area contributed by atoms with Crippen LogP contribution >= 0.6 is 0 Å². The second-order valence-corrected chi connectivity index (χ2v) is 5.15. The first-order chi connectivity index (χ1) is 8.61. The predicted octanol–water partition coefficient (Wildman–Crippen LogP) is 2.10. The molecule has 100 valence electrons. The smallest absolute Gasteiger partial charge is 0.0607 e. The Kier molecular flexibility index (Phi) is 4.19. The third-order valence-corrected chi connectivity index (χ3v) is 3.73. The molecular formula is C14H23N3O. The first kappa shape index (κ1) is 13.3. The van der Waals surface area contributed by atoms with Gasteiger partial charge in [0.15, 0.2) is 0 Å². The number of hydrogen-bond donors (Lipinski definition) is 1. The van der Waals surface area contributed by atoms with Gasteiger partial charge in [-0.25, -0.2) is 0 Å². The molecule has 1 saturated heterocycles. The lowest BCUT2D eigenvalue weighted by Gasteiger charge is -2.38. The van der Waals surface area contributed by atoms with E-state index in [4.69, 9.17) is 10.5 Å². The summed E-state index contributed by atoms with van der Waals surface area (Å²) in [5.74, 6) is 0. The van der Waals surface area contributed by atoms with Crippen molar-refractivity contribution < 1.29 is 4.74 Å². The molecule has 0 radical (unpaired) electrons. The van der Waals surface area contributed by atoms with Gasteiger partial charge in [0.2, 0.25) is 0 Å². The van der Waals surface area contributed by atoms with Gasteiger partial charge >= 0.3 is 0 Å². The van der Waals surface area contributed by atoms with Crippen LogP contribution < -0.4 is 10.6 Å². The summed E-state index contributed by atoms with van der Waals surface area (Å²) in [6.07, 6.45) is 4.48. The Morgan fingerprint density at radius 1 is 1.50 bits per heavy atom. The highest BCUT2D eigenvalue weighted by Gasteiger charge is 2.25. The van der Waals surface area contributed by atoms with Gasteiger partial charge in [0, 0.05) is 25.7 Å². The molecule has 1 aromatic heterocycles. The van der Waals surface area contributed by atoms with Crippen LogP contribution in [0, 0.1) is 0 Å². The fraction of sp³-hybridized carbons (Fsp3) is 0.643. The number of hydrogen-bond acceptors (Lipinski definition) is 4. The monoisotopic (exact) mass is 249 g/mol. The van der Waals surface area contributed by atoms with Crippen LogP contribution in [0.4, 0.5) is 5.69 Å². The quantitative estimate of drug-likeness (QED) is 0.891. The lowest BCUT2D eigenvalue weighted by molar-refractivity contribution is 0.0721. The first-order valence-corrected chi connectivity index (χ1v) is 6.62. The van der Waals surface area contributed by atoms with Crippen LogP contribution in [-0.4, -0.2) is 30.8 Å². The van der Waals surface area contributed by atoms with E-state index in [2.05, 4.69) is 22.9 Å². The number of methoxy groups -OCH3 is 1. The van der Waals surface area contributed by atoms with Crippen molar-refractivity contribution in [3.05, 3.63) is 24.0 Å². The molecule has 3 atom stereocenters. The molecule has 1 aliphatic rings. The summed E-state index contributed by atoms with van der Waals surface area (Å²) < 4.78 is 5.44. The minimum Gasteiger partial charge on any atom is -0.381 e. The Morgan fingerprint density at radius 3 is 2.78 bits per heavy atom. The van der Waals surface area contributed by atoms with E-state index in [9.17, 15) is 0 Å². The fourth-order valence-corrected chi connectivity index (χ4v) is 2.56. The Morgan fingerprint density at radius 2 is 2.28 bits per heavy atom. The summed E-state index contributed by atoms with van der Waals surface area (Å²) in [7, 11) is 1.80. The summed E-state index contributed by atoms with van der Waals surface area (Å²) in [5.41, 5.74) is 7.94. The molecule has 1 fully saturated rings. The van der Waals surface area contributed by atoms with Gasteiger partial charge in [-0.3, -0.25) is 4.98 Å². The average molecular weight is 249 g/mol. The van der Waals surface area contributed by atoms with Crippen molar-refractivity contribution in [1.29, 1.82) is 0 Å². The maximum absolute atomic E-state index is 5.81. The molecule has 3 unspecified atom stereocenters. The molecule has 4 nitrogen and oxygen atoms in total. The van der Waals surface area contributed by atoms with Crippen LogP contribution in [0.25, 0.3) is 0 Å². The normalized spacial score (nSPS) is 26.1. The van der Waals surface area contributed by atoms with E-state index in [-0.39, 0.29) is 6.04 Å². The molecule has 4 heteroatoms. The van der Waals surface area contributed by atoms with Crippen LogP contribution in [0.1, 0.15) is 38.4 Å². The fourth-order valence-electron chi connectivity index (χ4n) is 2.56. The van der Waals surface area contributed by atoms with Crippen LogP contribution in [0.3, 0.4) is 0 Å². The SMILES string of the molecule is COC1CCN(c2ccc(C(C)N)nc2)C(C)C1. The van der Waals surface area contributed by atoms with Gasteiger partial charge in [0.25, 0.3) is 0 Å².